The molecule has 20 heavy (non-hydrogen) atoms. The van der Waals surface area contributed by atoms with Crippen molar-refractivity contribution in [3.8, 4) is 0 Å². The van der Waals surface area contributed by atoms with Crippen LogP contribution in [-0.4, -0.2) is 6.54 Å². The van der Waals surface area contributed by atoms with E-state index in [1.807, 2.05) is 6.07 Å². The molecule has 0 amide bonds. The first-order valence-corrected chi connectivity index (χ1v) is 10.1. The average Bonchev–Trinajstić information content (AvgIpc) is 2.74. The molecule has 2 aromatic rings. The predicted octanol–water partition coefficient (Wildman–Crippen LogP) is 6.89. The topological polar surface area (TPSA) is 12.0 Å². The van der Waals surface area contributed by atoms with Gasteiger partial charge in [0.1, 0.15) is 0 Å². The Hall–Kier alpha value is 0.800. The molecule has 1 unspecified atom stereocenters. The quantitative estimate of drug-likeness (QED) is 0.431. The minimum absolute atomic E-state index is 0.189. The molecular weight excluding hydrogens is 534 g/mol. The predicted molar refractivity (Wildman–Crippen MR) is 102 cm³/mol. The van der Waals surface area contributed by atoms with E-state index in [1.165, 1.54) is 10.4 Å². The largest absolute Gasteiger partial charge is 0.306 e. The van der Waals surface area contributed by atoms with E-state index in [0.717, 1.165) is 30.2 Å². The van der Waals surface area contributed by atoms with Crippen LogP contribution in [0.5, 0.6) is 0 Å². The summed E-state index contributed by atoms with van der Waals surface area (Å²) in [5, 5.41) is 3.63. The lowest BCUT2D eigenvalue weighted by atomic mass is 10.1. The first-order chi connectivity index (χ1) is 9.52. The highest BCUT2D eigenvalue weighted by atomic mass is 79.9. The minimum Gasteiger partial charge on any atom is -0.306 e. The number of hydrogen-bond donors (Lipinski definition) is 1. The molecule has 1 aromatic carbocycles. The normalized spacial score (nSPS) is 12.7. The molecule has 1 N–H and O–H groups in total. The van der Waals surface area contributed by atoms with Gasteiger partial charge in [0.25, 0.3) is 0 Å². The van der Waals surface area contributed by atoms with Crippen molar-refractivity contribution >= 4 is 75.1 Å². The summed E-state index contributed by atoms with van der Waals surface area (Å²) >= 11 is 16.1. The van der Waals surface area contributed by atoms with E-state index in [-0.39, 0.29) is 6.04 Å². The number of nitrogens with one attached hydrogen (secondary N) is 1. The van der Waals surface area contributed by atoms with E-state index in [2.05, 4.69) is 94.2 Å². The number of thiophene rings is 1. The molecule has 0 aliphatic carbocycles. The first-order valence-electron chi connectivity index (χ1n) is 6.16. The summed E-state index contributed by atoms with van der Waals surface area (Å²) in [5.74, 6) is 0. The maximum Gasteiger partial charge on any atom is 0.0843 e. The van der Waals surface area contributed by atoms with Gasteiger partial charge in [0.2, 0.25) is 0 Å². The van der Waals surface area contributed by atoms with E-state index in [4.69, 9.17) is 0 Å². The van der Waals surface area contributed by atoms with Gasteiger partial charge in [-0.15, -0.1) is 11.3 Å². The van der Waals surface area contributed by atoms with Gasteiger partial charge in [-0.3, -0.25) is 0 Å². The van der Waals surface area contributed by atoms with Crippen LogP contribution in [0.4, 0.5) is 0 Å². The fourth-order valence-electron chi connectivity index (χ4n) is 1.89. The Labute approximate surface area is 157 Å². The molecule has 0 saturated heterocycles. The van der Waals surface area contributed by atoms with Crippen LogP contribution in [0, 0.1) is 0 Å². The van der Waals surface area contributed by atoms with Crippen molar-refractivity contribution in [1.82, 2.24) is 5.32 Å². The third-order valence-corrected chi connectivity index (χ3v) is 7.35. The molecule has 1 aromatic heterocycles. The molecule has 1 heterocycles. The minimum atomic E-state index is 0.189. The van der Waals surface area contributed by atoms with Gasteiger partial charge in [0.15, 0.2) is 0 Å². The summed E-state index contributed by atoms with van der Waals surface area (Å²) in [7, 11) is 0. The van der Waals surface area contributed by atoms with Crippen molar-refractivity contribution in [1.29, 1.82) is 0 Å². The van der Waals surface area contributed by atoms with Crippen molar-refractivity contribution in [3.63, 3.8) is 0 Å². The lowest BCUT2D eigenvalue weighted by Gasteiger charge is -2.19. The molecule has 108 valence electrons. The molecule has 0 spiro atoms. The van der Waals surface area contributed by atoms with Gasteiger partial charge < -0.3 is 5.32 Å². The van der Waals surface area contributed by atoms with Crippen molar-refractivity contribution in [3.05, 3.63) is 51.9 Å². The average molecular weight is 547 g/mol. The van der Waals surface area contributed by atoms with Gasteiger partial charge in [0.05, 0.1) is 9.83 Å². The molecule has 6 heteroatoms. The van der Waals surface area contributed by atoms with Crippen molar-refractivity contribution in [2.45, 2.75) is 19.4 Å². The molecule has 0 fully saturated rings. The molecule has 0 aliphatic heterocycles. The number of benzene rings is 1. The lowest BCUT2D eigenvalue weighted by molar-refractivity contribution is 0.604. The van der Waals surface area contributed by atoms with Crippen LogP contribution < -0.4 is 5.32 Å². The molecule has 2 rings (SSSR count). The number of halogens is 4. The van der Waals surface area contributed by atoms with Crippen molar-refractivity contribution in [2.75, 3.05) is 6.54 Å². The van der Waals surface area contributed by atoms with Crippen LogP contribution >= 0.6 is 75.1 Å². The van der Waals surface area contributed by atoms with E-state index in [0.29, 0.717) is 0 Å². The van der Waals surface area contributed by atoms with Gasteiger partial charge >= 0.3 is 0 Å². The molecule has 0 saturated carbocycles. The van der Waals surface area contributed by atoms with E-state index in [9.17, 15) is 0 Å². The first kappa shape index (κ1) is 17.2. The Morgan fingerprint density at radius 1 is 1.10 bits per heavy atom. The second-order valence-corrected chi connectivity index (χ2v) is 9.35. The van der Waals surface area contributed by atoms with E-state index in [1.54, 1.807) is 11.3 Å². The Bertz CT molecular complexity index is 577. The summed E-state index contributed by atoms with van der Waals surface area (Å²) in [4.78, 5) is 1.29. The van der Waals surface area contributed by atoms with Crippen LogP contribution in [0.1, 0.15) is 29.8 Å². The summed E-state index contributed by atoms with van der Waals surface area (Å²) in [6.07, 6.45) is 1.11. The van der Waals surface area contributed by atoms with Gasteiger partial charge in [0, 0.05) is 18.3 Å². The summed E-state index contributed by atoms with van der Waals surface area (Å²) in [6, 6.07) is 8.66. The van der Waals surface area contributed by atoms with Gasteiger partial charge in [-0.25, -0.2) is 0 Å². The second kappa shape index (κ2) is 7.88. The van der Waals surface area contributed by atoms with E-state index < -0.39 is 0 Å². The third kappa shape index (κ3) is 4.17. The monoisotopic (exact) mass is 543 g/mol. The zero-order valence-corrected chi connectivity index (χ0v) is 17.9. The zero-order chi connectivity index (χ0) is 14.7. The highest BCUT2D eigenvalue weighted by Crippen LogP contribution is 2.39. The molecule has 0 radical (unpaired) electrons. The maximum absolute atomic E-state index is 3.67. The standard InChI is InChI=1S/C14H13Br4NS/c1-2-5-19-13(12-7-11(17)14(18)20-12)9-6-8(15)3-4-10(9)16/h3-4,6-7,13,19H,2,5H2,1H3. The highest BCUT2D eigenvalue weighted by molar-refractivity contribution is 9.13. The van der Waals surface area contributed by atoms with E-state index >= 15 is 0 Å². The van der Waals surface area contributed by atoms with Gasteiger partial charge in [-0.2, -0.15) is 0 Å². The van der Waals surface area contributed by atoms with Crippen LogP contribution in [0.2, 0.25) is 0 Å². The molecular formula is C14H13Br4NS. The molecule has 0 bridgehead atoms. The lowest BCUT2D eigenvalue weighted by Crippen LogP contribution is -2.22. The summed E-state index contributed by atoms with van der Waals surface area (Å²) in [5.41, 5.74) is 1.24. The number of rotatable bonds is 5. The Morgan fingerprint density at radius 2 is 1.85 bits per heavy atom. The van der Waals surface area contributed by atoms with Gasteiger partial charge in [-0.1, -0.05) is 38.8 Å². The van der Waals surface area contributed by atoms with Crippen LogP contribution in [0.3, 0.4) is 0 Å². The molecule has 1 atom stereocenters. The smallest absolute Gasteiger partial charge is 0.0843 e. The zero-order valence-electron chi connectivity index (χ0n) is 10.7. The van der Waals surface area contributed by atoms with Crippen LogP contribution in [0.25, 0.3) is 0 Å². The summed E-state index contributed by atoms with van der Waals surface area (Å²) < 4.78 is 4.44. The van der Waals surface area contributed by atoms with Crippen LogP contribution in [-0.2, 0) is 0 Å². The molecule has 0 aliphatic rings. The fraction of sp³-hybridized carbons (Fsp3) is 0.286. The molecule has 1 nitrogen and oxygen atoms in total. The van der Waals surface area contributed by atoms with Crippen molar-refractivity contribution < 1.29 is 0 Å². The maximum atomic E-state index is 3.67. The SMILES string of the molecule is CCCNC(c1cc(Br)c(Br)s1)c1cc(Br)ccc1Br. The Morgan fingerprint density at radius 3 is 2.45 bits per heavy atom. The van der Waals surface area contributed by atoms with Crippen molar-refractivity contribution in [2.24, 2.45) is 0 Å². The Kier molecular flexibility index (Phi) is 6.76. The van der Waals surface area contributed by atoms with Gasteiger partial charge in [-0.05, 0) is 74.7 Å². The third-order valence-electron chi connectivity index (χ3n) is 2.82. The summed E-state index contributed by atoms with van der Waals surface area (Å²) in [6.45, 7) is 3.16. The fourth-order valence-corrected chi connectivity index (χ4v) is 4.93. The number of hydrogen-bond acceptors (Lipinski definition) is 2. The second-order valence-electron chi connectivity index (χ2n) is 4.32. The van der Waals surface area contributed by atoms with Crippen LogP contribution in [0.15, 0.2) is 41.5 Å². The Balaban J connectivity index is 2.43. The highest BCUT2D eigenvalue weighted by Gasteiger charge is 2.19.